The number of phosphoric acid groups is 1. The van der Waals surface area contributed by atoms with Crippen molar-refractivity contribution in [3.8, 4) is 0 Å². The molecule has 0 bridgehead atoms. The molecule has 0 saturated carbocycles. The molecule has 8 rings (SSSR count). The van der Waals surface area contributed by atoms with Gasteiger partial charge in [-0.05, 0) is 67.6 Å². The minimum atomic E-state index is -5.26. The van der Waals surface area contributed by atoms with Crippen LogP contribution in [-0.4, -0.2) is 155 Å². The summed E-state index contributed by atoms with van der Waals surface area (Å²) in [5.74, 6) is -1.60. The van der Waals surface area contributed by atoms with Crippen LogP contribution in [0, 0.1) is 49.2 Å². The molecule has 7 heterocycles. The number of nitrogens with two attached hydrogens (primary N) is 1. The second kappa shape index (κ2) is 27.6. The molecule has 1 radical (unpaired) electrons. The number of urea groups is 1. The summed E-state index contributed by atoms with van der Waals surface area (Å²) in [6, 6.07) is 5.20. The Balaban J connectivity index is 0.00000924. The van der Waals surface area contributed by atoms with Crippen LogP contribution in [0.5, 0.6) is 0 Å². The second-order valence-corrected chi connectivity index (χ2v) is 23.4. The largest absolute Gasteiger partial charge is 0.472 e. The quantitative estimate of drug-likeness (QED) is 0.0267. The van der Waals surface area contributed by atoms with Crippen LogP contribution in [0.15, 0.2) is 58.8 Å². The number of ether oxygens (including phenoxy) is 2. The van der Waals surface area contributed by atoms with E-state index in [1.54, 1.807) is 24.3 Å². The number of fused-ring (bicyclic) bond motifs is 3. The van der Waals surface area contributed by atoms with E-state index in [2.05, 4.69) is 36.2 Å². The van der Waals surface area contributed by atoms with Crippen molar-refractivity contribution in [2.75, 3.05) is 38.2 Å². The smallest absolute Gasteiger partial charge is 0.352 e. The van der Waals surface area contributed by atoms with Gasteiger partial charge < -0.3 is 60.5 Å². The van der Waals surface area contributed by atoms with Crippen molar-refractivity contribution >= 4 is 72.9 Å². The number of hydrogen-bond donors (Lipinski definition) is 8. The topological polar surface area (TPSA) is 374 Å². The minimum Gasteiger partial charge on any atom is -0.352 e. The first-order chi connectivity index (χ1) is 37.6. The number of nitrogens with one attached hydrogen (secondary N) is 5. The molecule has 4 aliphatic heterocycles. The summed E-state index contributed by atoms with van der Waals surface area (Å²) in [5.41, 5.74) is 5.13. The number of hydrogen-bond acceptors (Lipinski definition) is 19. The molecule has 12 atom stereocenters. The number of aromatic nitrogens is 6. The fourth-order valence-electron chi connectivity index (χ4n) is 9.29. The summed E-state index contributed by atoms with van der Waals surface area (Å²) in [7, 11) is -5.26. The molecule has 1 aromatic carbocycles. The van der Waals surface area contributed by atoms with E-state index >= 15 is 8.78 Å². The van der Waals surface area contributed by atoms with Gasteiger partial charge in [0.1, 0.15) is 42.3 Å². The predicted molar refractivity (Wildman–Crippen MR) is 275 cm³/mol. The maximum atomic E-state index is 16.6. The molecule has 80 heavy (non-hydrogen) atoms. The molecule has 4 aromatic rings. The van der Waals surface area contributed by atoms with Gasteiger partial charge in [0.25, 0.3) is 5.56 Å². The number of H-pyrrole nitrogens is 1. The number of unbranched alkanes of at least 4 members (excludes halogenated alkanes) is 2. The SMILES string of the molecule is CC(C)C(NCCCCCN1C(=O)[CH-]CC1=O)C(=O)NC(CCCNC(N)=O)C(=O)Nc1ccc(Cc2ncnc3c2ncn3[C@@H]2O[C@@H]3COP(O)(=S)O[C@H]4[C@@H](F)[C@H](n5ccc(=O)[nH]c5=O)O[C@@H]4COP(=O)(O)O[C@H]3[C@H]2F)cc1.[Tm]. The van der Waals surface area contributed by atoms with E-state index in [-0.39, 0.29) is 91.6 Å². The van der Waals surface area contributed by atoms with Gasteiger partial charge >= 0.3 is 26.3 Å². The Kier molecular flexibility index (Phi) is 21.7. The van der Waals surface area contributed by atoms with E-state index in [1.807, 2.05) is 18.8 Å². The van der Waals surface area contributed by atoms with Gasteiger partial charge in [-0.25, -0.2) is 37.9 Å². The number of aromatic amines is 1. The zero-order chi connectivity index (χ0) is 56.8. The van der Waals surface area contributed by atoms with Crippen molar-refractivity contribution in [2.24, 2.45) is 11.7 Å². The van der Waals surface area contributed by atoms with Crippen LogP contribution in [-0.2, 0) is 69.5 Å². The summed E-state index contributed by atoms with van der Waals surface area (Å²) < 4.78 is 80.7. The summed E-state index contributed by atoms with van der Waals surface area (Å²) >= 11 is 5.15. The Hall–Kier alpha value is -4.72. The molecule has 4 saturated heterocycles. The number of phosphoric ester groups is 1. The van der Waals surface area contributed by atoms with Crippen molar-refractivity contribution in [2.45, 2.75) is 120 Å². The molecule has 0 spiro atoms. The number of amides is 6. The van der Waals surface area contributed by atoms with Crippen LogP contribution in [0.2, 0.25) is 0 Å². The molecule has 34 heteroatoms. The minimum absolute atomic E-state index is 0. The molecule has 0 aliphatic carbocycles. The van der Waals surface area contributed by atoms with E-state index in [0.717, 1.165) is 12.3 Å². The number of likely N-dealkylation sites (tertiary alicyclic amines) is 1. The number of benzene rings is 1. The van der Waals surface area contributed by atoms with Gasteiger partial charge in [0.05, 0.1) is 37.2 Å². The van der Waals surface area contributed by atoms with Gasteiger partial charge in [0.2, 0.25) is 11.8 Å². The number of rotatable bonds is 20. The third-order valence-corrected chi connectivity index (χ3v) is 15.8. The van der Waals surface area contributed by atoms with Gasteiger partial charge in [-0.2, -0.15) is 0 Å². The molecule has 4 fully saturated rings. The summed E-state index contributed by atoms with van der Waals surface area (Å²) in [5, 5.41) is 11.4. The van der Waals surface area contributed by atoms with E-state index in [4.69, 9.17) is 45.1 Å². The van der Waals surface area contributed by atoms with E-state index < -0.39 is 118 Å². The number of anilines is 1. The van der Waals surface area contributed by atoms with Crippen LogP contribution in [0.1, 0.15) is 76.1 Å². The maximum Gasteiger partial charge on any atom is 0.472 e. The third kappa shape index (κ3) is 15.7. The summed E-state index contributed by atoms with van der Waals surface area (Å²) in [6.07, 6.45) is -7.53. The average molecular weight is 1340 g/mol. The zero-order valence-corrected chi connectivity index (χ0v) is 47.1. The van der Waals surface area contributed by atoms with E-state index in [9.17, 15) is 47.9 Å². The van der Waals surface area contributed by atoms with Crippen LogP contribution < -0.4 is 38.2 Å². The number of alkyl halides is 2. The fraction of sp³-hybridized carbons (Fsp3) is 0.543. The molecule has 6 amide bonds. The van der Waals surface area contributed by atoms with Gasteiger partial charge in [-0.1, -0.05) is 38.8 Å². The predicted octanol–water partition coefficient (Wildman–Crippen LogP) is 1.19. The summed E-state index contributed by atoms with van der Waals surface area (Å²) in [6.45, 7) is -1.57. The molecule has 4 aliphatic rings. The number of imidazole rings is 1. The van der Waals surface area contributed by atoms with Gasteiger partial charge in [-0.15, -0.1) is 0 Å². The first-order valence-corrected chi connectivity index (χ1v) is 29.2. The normalized spacial score (nSPS) is 27.7. The van der Waals surface area contributed by atoms with Crippen LogP contribution >= 0.6 is 14.5 Å². The van der Waals surface area contributed by atoms with Crippen LogP contribution in [0.4, 0.5) is 19.3 Å². The van der Waals surface area contributed by atoms with Crippen molar-refractivity contribution in [3.05, 3.63) is 87.7 Å². The number of primary amides is 1. The molecule has 4 unspecified atom stereocenters. The van der Waals surface area contributed by atoms with Gasteiger partial charge in [0.15, 0.2) is 36.4 Å². The van der Waals surface area contributed by atoms with Crippen molar-refractivity contribution in [1.82, 2.24) is 49.9 Å². The Bertz CT molecular complexity index is 3090. The molecule has 9 N–H and O–H groups in total. The standard InChI is InChI=1S/C46H59F2N12O16P2S.Tm/c1-24(2)36(50-15-4-3-5-17-58-32(62)12-13-33(58)63)42(65)56-27(7-6-16-51-45(49)66)41(64)55-26-10-8-25(9-11-26)19-28-37-40(53-22-52-28)60(23-54-37)44-34(47)38-30(74-44)21-72-78(70,79)76-39-29(20-71-77(68,69)75-38)73-43(35(39)48)59-18-14-31(61)57-46(59)67;/h8-12,14,18,22-24,27,29-30,34-36,38-39,43-44,50H,3-7,13,15-17,19-21H2,1-2H3,(H,55,64)(H,56,65)(H,68,69)(H,70,79)(H3,49,51,66)(H,57,61,67);/q-1;/t27?,29-,30-,34-,35-,36?,38-,39-,43-,44-,78?;/m1./s1. The first kappa shape index (κ1) is 62.9. The molecule has 3 aromatic heterocycles. The Morgan fingerprint density at radius 2 is 1.59 bits per heavy atom. The van der Waals surface area contributed by atoms with Crippen molar-refractivity contribution < 1.29 is 112 Å². The number of carbonyl (C=O) groups is 5. The second-order valence-electron chi connectivity index (χ2n) is 19.2. The number of carbonyl (C=O) groups excluding carboxylic acids is 5. The Morgan fingerprint density at radius 3 is 2.25 bits per heavy atom. The Labute approximate surface area is 489 Å². The van der Waals surface area contributed by atoms with E-state index in [0.29, 0.717) is 60.3 Å². The molecular formula is C46H59F2N12O16P2STm-. The molecule has 28 nitrogen and oxygen atoms in total. The van der Waals surface area contributed by atoms with Gasteiger partial charge in [0, 0.05) is 74.3 Å². The summed E-state index contributed by atoms with van der Waals surface area (Å²) in [4.78, 5) is 125. The maximum absolute atomic E-state index is 16.6. The molecular weight excluding hydrogens is 1280 g/mol. The third-order valence-electron chi connectivity index (χ3n) is 13.3. The number of imide groups is 1. The Morgan fingerprint density at radius 1 is 0.900 bits per heavy atom. The van der Waals surface area contributed by atoms with Crippen LogP contribution in [0.25, 0.3) is 11.2 Å². The van der Waals surface area contributed by atoms with Crippen molar-refractivity contribution in [1.29, 1.82) is 0 Å². The molecule has 443 valence electrons. The van der Waals surface area contributed by atoms with Crippen molar-refractivity contribution in [3.63, 3.8) is 0 Å². The number of nitrogens with zero attached hydrogens (tertiary/aromatic N) is 6. The van der Waals surface area contributed by atoms with Gasteiger partial charge in [-0.3, -0.25) is 53.3 Å². The van der Waals surface area contributed by atoms with Crippen LogP contribution in [0.3, 0.4) is 0 Å². The monoisotopic (exact) mass is 1340 g/mol. The van der Waals surface area contributed by atoms with E-state index in [1.165, 1.54) is 28.5 Å². The average Bonchev–Trinajstić information content (AvgIpc) is 4.20. The zero-order valence-electron chi connectivity index (χ0n) is 42.7. The number of halogens is 2. The fourth-order valence-corrected chi connectivity index (χ4v) is 11.7. The first-order valence-electron chi connectivity index (χ1n) is 25.1.